The summed E-state index contributed by atoms with van der Waals surface area (Å²) in [5.74, 6) is -0.139. The van der Waals surface area contributed by atoms with Crippen LogP contribution < -0.4 is 9.80 Å². The fraction of sp³-hybridized carbons (Fsp3) is 0.263. The van der Waals surface area contributed by atoms with Crippen molar-refractivity contribution in [1.29, 1.82) is 0 Å². The second-order valence-corrected chi connectivity index (χ2v) is 8.15. The van der Waals surface area contributed by atoms with Crippen molar-refractivity contribution in [2.75, 3.05) is 32.1 Å². The van der Waals surface area contributed by atoms with Gasteiger partial charge in [0.15, 0.2) is 5.13 Å². The number of carbonyl (C=O) groups is 1. The van der Waals surface area contributed by atoms with Gasteiger partial charge in [0.25, 0.3) is 5.91 Å². The minimum atomic E-state index is -0.139. The molecule has 0 aliphatic carbocycles. The van der Waals surface area contributed by atoms with E-state index in [1.54, 1.807) is 17.0 Å². The number of rotatable bonds is 6. The van der Waals surface area contributed by atoms with Gasteiger partial charge in [-0.1, -0.05) is 52.7 Å². The molecule has 3 aromatic rings. The van der Waals surface area contributed by atoms with Crippen molar-refractivity contribution in [1.82, 2.24) is 4.98 Å². The Hall–Kier alpha value is -1.66. The van der Waals surface area contributed by atoms with Crippen LogP contribution in [0, 0.1) is 0 Å². The first kappa shape index (κ1) is 19.1. The van der Waals surface area contributed by atoms with Crippen molar-refractivity contribution in [3.63, 3.8) is 0 Å². The second kappa shape index (κ2) is 8.35. The van der Waals surface area contributed by atoms with E-state index in [9.17, 15) is 4.79 Å². The number of quaternary nitrogens is 1. The number of nitrogens with zero attached hydrogens (tertiary/aromatic N) is 2. The molecule has 0 spiro atoms. The standard InChI is InChI=1S/C19H19Cl2N3OS/c1-23(2)11-6-12-24(18(25)13-7-3-4-8-14(13)20)19-22-17-15(21)9-5-10-16(17)26-19/h3-5,7-10H,6,11-12H2,1-2H3/p+1. The minimum Gasteiger partial charge on any atom is -0.340 e. The molecule has 1 aromatic heterocycles. The molecule has 0 saturated heterocycles. The Bertz CT molecular complexity index is 926. The predicted molar refractivity (Wildman–Crippen MR) is 110 cm³/mol. The number of carbonyl (C=O) groups excluding carboxylic acids is 1. The maximum atomic E-state index is 13.2. The fourth-order valence-corrected chi connectivity index (χ4v) is 4.18. The molecule has 0 bridgehead atoms. The quantitative estimate of drug-likeness (QED) is 0.673. The van der Waals surface area contributed by atoms with Gasteiger partial charge < -0.3 is 4.90 Å². The summed E-state index contributed by atoms with van der Waals surface area (Å²) in [5, 5.41) is 1.68. The van der Waals surface area contributed by atoms with Gasteiger partial charge in [-0.15, -0.1) is 0 Å². The highest BCUT2D eigenvalue weighted by Gasteiger charge is 2.23. The van der Waals surface area contributed by atoms with Crippen LogP contribution in [0.25, 0.3) is 10.2 Å². The van der Waals surface area contributed by atoms with Crippen LogP contribution in [0.4, 0.5) is 5.13 Å². The number of hydrogen-bond donors (Lipinski definition) is 1. The predicted octanol–water partition coefficient (Wildman–Crippen LogP) is 3.78. The number of anilines is 1. The lowest BCUT2D eigenvalue weighted by Gasteiger charge is -2.21. The highest BCUT2D eigenvalue weighted by atomic mass is 35.5. The van der Waals surface area contributed by atoms with Crippen molar-refractivity contribution in [2.45, 2.75) is 6.42 Å². The SMILES string of the molecule is C[NH+](C)CCCN(C(=O)c1ccccc1Cl)c1nc2c(Cl)cccc2s1. The van der Waals surface area contributed by atoms with E-state index in [2.05, 4.69) is 19.1 Å². The number of nitrogens with one attached hydrogen (secondary N) is 1. The van der Waals surface area contributed by atoms with E-state index >= 15 is 0 Å². The van der Waals surface area contributed by atoms with Gasteiger partial charge in [0.2, 0.25) is 0 Å². The normalized spacial score (nSPS) is 11.3. The molecule has 1 heterocycles. The Labute approximate surface area is 167 Å². The summed E-state index contributed by atoms with van der Waals surface area (Å²) in [6.45, 7) is 1.53. The fourth-order valence-electron chi connectivity index (χ4n) is 2.67. The first-order chi connectivity index (χ1) is 12.5. The van der Waals surface area contributed by atoms with Crippen LogP contribution in [0.5, 0.6) is 0 Å². The molecule has 0 aliphatic heterocycles. The van der Waals surface area contributed by atoms with E-state index in [1.807, 2.05) is 30.3 Å². The monoisotopic (exact) mass is 408 g/mol. The summed E-state index contributed by atoms with van der Waals surface area (Å²) in [6, 6.07) is 12.8. The highest BCUT2D eigenvalue weighted by Crippen LogP contribution is 2.34. The molecule has 1 amide bonds. The summed E-state index contributed by atoms with van der Waals surface area (Å²) in [7, 11) is 4.19. The zero-order valence-electron chi connectivity index (χ0n) is 14.6. The van der Waals surface area contributed by atoms with Gasteiger partial charge in [-0.3, -0.25) is 9.69 Å². The number of aromatic nitrogens is 1. The Morgan fingerprint density at radius 3 is 2.54 bits per heavy atom. The Balaban J connectivity index is 1.97. The largest absolute Gasteiger partial charge is 0.340 e. The van der Waals surface area contributed by atoms with Gasteiger partial charge in [-0.2, -0.15) is 0 Å². The number of para-hydroxylation sites is 1. The molecule has 4 nitrogen and oxygen atoms in total. The van der Waals surface area contributed by atoms with E-state index in [1.165, 1.54) is 16.2 Å². The highest BCUT2D eigenvalue weighted by molar-refractivity contribution is 7.22. The van der Waals surface area contributed by atoms with Crippen LogP contribution in [-0.4, -0.2) is 38.1 Å². The molecule has 0 atom stereocenters. The van der Waals surface area contributed by atoms with Crippen LogP contribution in [-0.2, 0) is 0 Å². The van der Waals surface area contributed by atoms with E-state index in [-0.39, 0.29) is 5.91 Å². The molecular formula is C19H20Cl2N3OS+. The number of fused-ring (bicyclic) bond motifs is 1. The Morgan fingerprint density at radius 2 is 1.85 bits per heavy atom. The van der Waals surface area contributed by atoms with Crippen LogP contribution in [0.1, 0.15) is 16.8 Å². The average molecular weight is 409 g/mol. The van der Waals surface area contributed by atoms with Gasteiger partial charge >= 0.3 is 0 Å². The zero-order valence-corrected chi connectivity index (χ0v) is 17.0. The third-order valence-electron chi connectivity index (χ3n) is 4.00. The summed E-state index contributed by atoms with van der Waals surface area (Å²) in [6.07, 6.45) is 0.863. The summed E-state index contributed by atoms with van der Waals surface area (Å²) < 4.78 is 0.961. The lowest BCUT2D eigenvalue weighted by atomic mass is 10.2. The molecule has 136 valence electrons. The van der Waals surface area contributed by atoms with Crippen LogP contribution in [0.2, 0.25) is 10.0 Å². The molecule has 0 unspecified atom stereocenters. The van der Waals surface area contributed by atoms with Crippen molar-refractivity contribution in [2.24, 2.45) is 0 Å². The molecule has 0 fully saturated rings. The Kier molecular flexibility index (Phi) is 6.14. The third kappa shape index (κ3) is 4.18. The Morgan fingerprint density at radius 1 is 1.12 bits per heavy atom. The molecular weight excluding hydrogens is 389 g/mol. The van der Waals surface area contributed by atoms with Crippen LogP contribution >= 0.6 is 34.5 Å². The van der Waals surface area contributed by atoms with Crippen LogP contribution in [0.15, 0.2) is 42.5 Å². The van der Waals surface area contributed by atoms with Gasteiger partial charge in [0, 0.05) is 13.0 Å². The maximum Gasteiger partial charge on any atom is 0.261 e. The zero-order chi connectivity index (χ0) is 18.7. The molecule has 3 rings (SSSR count). The lowest BCUT2D eigenvalue weighted by Crippen LogP contribution is -3.05. The lowest BCUT2D eigenvalue weighted by molar-refractivity contribution is -0.858. The maximum absolute atomic E-state index is 13.2. The molecule has 0 saturated carbocycles. The van der Waals surface area contributed by atoms with E-state index in [0.29, 0.717) is 27.3 Å². The molecule has 2 aromatic carbocycles. The summed E-state index contributed by atoms with van der Waals surface area (Å²) in [5.41, 5.74) is 1.21. The minimum absolute atomic E-state index is 0.139. The number of thiazole rings is 1. The van der Waals surface area contributed by atoms with Crippen molar-refractivity contribution in [3.05, 3.63) is 58.1 Å². The molecule has 26 heavy (non-hydrogen) atoms. The van der Waals surface area contributed by atoms with Gasteiger partial charge in [0.1, 0.15) is 5.52 Å². The van der Waals surface area contributed by atoms with E-state index in [4.69, 9.17) is 23.2 Å². The van der Waals surface area contributed by atoms with Gasteiger partial charge in [0.05, 0.1) is 40.9 Å². The number of benzene rings is 2. The van der Waals surface area contributed by atoms with Crippen molar-refractivity contribution < 1.29 is 9.69 Å². The third-order valence-corrected chi connectivity index (χ3v) is 5.68. The van der Waals surface area contributed by atoms with E-state index < -0.39 is 0 Å². The number of halogens is 2. The number of hydrogen-bond acceptors (Lipinski definition) is 3. The van der Waals surface area contributed by atoms with Gasteiger partial charge in [-0.05, 0) is 24.3 Å². The van der Waals surface area contributed by atoms with Gasteiger partial charge in [-0.25, -0.2) is 4.98 Å². The smallest absolute Gasteiger partial charge is 0.261 e. The second-order valence-electron chi connectivity index (χ2n) is 6.33. The molecule has 0 aliphatic rings. The van der Waals surface area contributed by atoms with Crippen LogP contribution in [0.3, 0.4) is 0 Å². The van der Waals surface area contributed by atoms with E-state index in [0.717, 1.165) is 23.2 Å². The van der Waals surface area contributed by atoms with Crippen molar-refractivity contribution in [3.8, 4) is 0 Å². The summed E-state index contributed by atoms with van der Waals surface area (Å²) >= 11 is 14.0. The molecule has 0 radical (unpaired) electrons. The average Bonchev–Trinajstić information content (AvgIpc) is 3.03. The first-order valence-electron chi connectivity index (χ1n) is 8.38. The number of amides is 1. The molecule has 7 heteroatoms. The van der Waals surface area contributed by atoms with Crippen molar-refractivity contribution >= 4 is 55.8 Å². The molecule has 1 N–H and O–H groups in total. The summed E-state index contributed by atoms with van der Waals surface area (Å²) in [4.78, 5) is 20.8. The topological polar surface area (TPSA) is 37.6 Å². The first-order valence-corrected chi connectivity index (χ1v) is 9.95.